The Morgan fingerprint density at radius 3 is 2.62 bits per heavy atom. The largest absolute Gasteiger partial charge is 0.478 e. The Morgan fingerprint density at radius 2 is 1.81 bits per heavy atom. The van der Waals surface area contributed by atoms with Crippen molar-refractivity contribution in [1.29, 1.82) is 0 Å². The topological polar surface area (TPSA) is 75.1 Å². The highest BCUT2D eigenvalue weighted by Crippen LogP contribution is 2.38. The number of aromatic nitrogens is 2. The molecule has 0 aliphatic carbocycles. The van der Waals surface area contributed by atoms with Gasteiger partial charge in [0.1, 0.15) is 5.01 Å². The summed E-state index contributed by atoms with van der Waals surface area (Å²) in [5.41, 5.74) is 5.24. The fourth-order valence-electron chi connectivity index (χ4n) is 3.46. The average molecular weight is 458 g/mol. The van der Waals surface area contributed by atoms with Crippen molar-refractivity contribution in [2.75, 3.05) is 5.32 Å². The predicted octanol–water partition coefficient (Wildman–Crippen LogP) is 7.12. The smallest absolute Gasteiger partial charge is 0.335 e. The molecular formula is C25H16ClN3O2S. The quantitative estimate of drug-likeness (QED) is 0.294. The van der Waals surface area contributed by atoms with Crippen LogP contribution in [0.15, 0.2) is 84.4 Å². The van der Waals surface area contributed by atoms with Gasteiger partial charge in [0.25, 0.3) is 0 Å². The molecule has 0 radical (unpaired) electrons. The Morgan fingerprint density at radius 1 is 1.00 bits per heavy atom. The van der Waals surface area contributed by atoms with Gasteiger partial charge < -0.3 is 10.4 Å². The molecule has 0 aliphatic heterocycles. The number of nitrogens with one attached hydrogen (secondary N) is 1. The van der Waals surface area contributed by atoms with Gasteiger partial charge in [0.05, 0.1) is 28.0 Å². The van der Waals surface area contributed by atoms with E-state index in [9.17, 15) is 9.90 Å². The molecule has 0 aliphatic rings. The lowest BCUT2D eigenvalue weighted by molar-refractivity contribution is 0.0697. The molecule has 0 unspecified atom stereocenters. The van der Waals surface area contributed by atoms with Gasteiger partial charge in [-0.3, -0.25) is 4.98 Å². The first kappa shape index (κ1) is 20.2. The van der Waals surface area contributed by atoms with Gasteiger partial charge in [0.15, 0.2) is 0 Å². The number of pyridine rings is 1. The summed E-state index contributed by atoms with van der Waals surface area (Å²) in [6, 6.07) is 22.1. The first-order valence-electron chi connectivity index (χ1n) is 9.78. The molecule has 5 aromatic rings. The van der Waals surface area contributed by atoms with Crippen molar-refractivity contribution in [3.05, 3.63) is 95.0 Å². The molecular weight excluding hydrogens is 442 g/mol. The van der Waals surface area contributed by atoms with E-state index < -0.39 is 5.97 Å². The van der Waals surface area contributed by atoms with Crippen molar-refractivity contribution in [3.63, 3.8) is 0 Å². The molecule has 7 heteroatoms. The van der Waals surface area contributed by atoms with Crippen LogP contribution in [0.25, 0.3) is 32.7 Å². The molecule has 0 atom stereocenters. The van der Waals surface area contributed by atoms with Crippen molar-refractivity contribution in [2.24, 2.45) is 0 Å². The van der Waals surface area contributed by atoms with Crippen LogP contribution >= 0.6 is 22.9 Å². The van der Waals surface area contributed by atoms with Crippen molar-refractivity contribution in [1.82, 2.24) is 9.97 Å². The van der Waals surface area contributed by atoms with Crippen molar-refractivity contribution in [2.45, 2.75) is 0 Å². The lowest BCUT2D eigenvalue weighted by Gasteiger charge is -2.14. The number of nitrogens with zero attached hydrogens (tertiary/aromatic N) is 2. The van der Waals surface area contributed by atoms with Crippen LogP contribution < -0.4 is 5.32 Å². The normalized spacial score (nSPS) is 10.9. The first-order chi connectivity index (χ1) is 15.6. The number of halogens is 1. The minimum atomic E-state index is -0.971. The second-order valence-corrected chi connectivity index (χ2v) is 8.41. The zero-order valence-electron chi connectivity index (χ0n) is 16.6. The zero-order chi connectivity index (χ0) is 22.1. The third kappa shape index (κ3) is 3.93. The highest BCUT2D eigenvalue weighted by molar-refractivity contribution is 7.13. The van der Waals surface area contributed by atoms with Crippen LogP contribution in [0, 0.1) is 0 Å². The van der Waals surface area contributed by atoms with Crippen molar-refractivity contribution >= 4 is 51.2 Å². The number of fused-ring (bicyclic) bond motifs is 1. The van der Waals surface area contributed by atoms with Crippen LogP contribution in [0.4, 0.5) is 11.4 Å². The highest BCUT2D eigenvalue weighted by atomic mass is 35.5. The van der Waals surface area contributed by atoms with Crippen molar-refractivity contribution in [3.8, 4) is 21.8 Å². The lowest BCUT2D eigenvalue weighted by Crippen LogP contribution is -2.00. The minimum absolute atomic E-state index is 0.217. The van der Waals surface area contributed by atoms with Gasteiger partial charge in [-0.15, -0.1) is 11.3 Å². The van der Waals surface area contributed by atoms with E-state index in [1.165, 1.54) is 11.3 Å². The average Bonchev–Trinajstić information content (AvgIpc) is 3.30. The van der Waals surface area contributed by atoms with Crippen LogP contribution in [0.5, 0.6) is 0 Å². The summed E-state index contributed by atoms with van der Waals surface area (Å²) >= 11 is 7.54. The predicted molar refractivity (Wildman–Crippen MR) is 130 cm³/mol. The number of hydrogen-bond donors (Lipinski definition) is 2. The summed E-state index contributed by atoms with van der Waals surface area (Å²) < 4.78 is 0. The lowest BCUT2D eigenvalue weighted by atomic mass is 10.1. The second kappa shape index (κ2) is 8.42. The van der Waals surface area contributed by atoms with Gasteiger partial charge in [-0.25, -0.2) is 9.78 Å². The van der Waals surface area contributed by atoms with Gasteiger partial charge in [-0.05, 0) is 36.4 Å². The summed E-state index contributed by atoms with van der Waals surface area (Å²) in [6.45, 7) is 0. The SMILES string of the molecule is O=C(O)c1cccc(Nc2c(-c3nc(-c4ccc(Cl)cc4)cs3)cnc3ccccc23)c1. The zero-order valence-corrected chi connectivity index (χ0v) is 18.2. The van der Waals surface area contributed by atoms with E-state index in [-0.39, 0.29) is 5.56 Å². The summed E-state index contributed by atoms with van der Waals surface area (Å²) in [4.78, 5) is 20.9. The third-order valence-electron chi connectivity index (χ3n) is 5.03. The maximum atomic E-state index is 11.4. The molecule has 32 heavy (non-hydrogen) atoms. The fourth-order valence-corrected chi connectivity index (χ4v) is 4.43. The van der Waals surface area contributed by atoms with Gasteiger partial charge >= 0.3 is 5.97 Å². The van der Waals surface area contributed by atoms with Gasteiger partial charge in [-0.1, -0.05) is 48.0 Å². The number of carbonyl (C=O) groups is 1. The third-order valence-corrected chi connectivity index (χ3v) is 6.16. The summed E-state index contributed by atoms with van der Waals surface area (Å²) in [5, 5.41) is 17.2. The van der Waals surface area contributed by atoms with E-state index in [4.69, 9.17) is 16.6 Å². The molecule has 5 rings (SSSR count). The fraction of sp³-hybridized carbons (Fsp3) is 0. The number of benzene rings is 3. The standard InChI is InChI=1S/C25H16ClN3O2S/c26-17-10-8-15(9-11-17)22-14-32-24(29-22)20-13-27-21-7-2-1-6-19(21)23(20)28-18-5-3-4-16(12-18)25(30)31/h1-14H,(H,27,28)(H,30,31). The molecule has 0 spiro atoms. The first-order valence-corrected chi connectivity index (χ1v) is 11.0. The molecule has 156 valence electrons. The number of thiazole rings is 1. The molecule has 0 saturated carbocycles. The Bertz CT molecular complexity index is 1450. The number of para-hydroxylation sites is 1. The molecule has 0 bridgehead atoms. The van der Waals surface area contributed by atoms with Crippen LogP contribution in [0.3, 0.4) is 0 Å². The van der Waals surface area contributed by atoms with E-state index in [2.05, 4.69) is 10.3 Å². The molecule has 5 nitrogen and oxygen atoms in total. The van der Waals surface area contributed by atoms with E-state index in [1.807, 2.05) is 60.0 Å². The molecule has 0 fully saturated rings. The Labute approximate surface area is 193 Å². The van der Waals surface area contributed by atoms with E-state index >= 15 is 0 Å². The second-order valence-electron chi connectivity index (χ2n) is 7.12. The Balaban J connectivity index is 1.62. The number of carboxylic acids is 1. The van der Waals surface area contributed by atoms with Crippen LogP contribution in [-0.4, -0.2) is 21.0 Å². The van der Waals surface area contributed by atoms with Crippen LogP contribution in [-0.2, 0) is 0 Å². The Hall–Kier alpha value is -3.74. The number of aromatic carboxylic acids is 1. The molecule has 0 saturated heterocycles. The van der Waals surface area contributed by atoms with E-state index in [0.29, 0.717) is 10.7 Å². The minimum Gasteiger partial charge on any atom is -0.478 e. The van der Waals surface area contributed by atoms with Crippen LogP contribution in [0.1, 0.15) is 10.4 Å². The number of anilines is 2. The molecule has 2 aromatic heterocycles. The Kier molecular flexibility index (Phi) is 5.31. The number of carboxylic acid groups (broad SMARTS) is 1. The highest BCUT2D eigenvalue weighted by Gasteiger charge is 2.15. The van der Waals surface area contributed by atoms with E-state index in [0.717, 1.165) is 38.4 Å². The summed E-state index contributed by atoms with van der Waals surface area (Å²) in [5.74, 6) is -0.971. The monoisotopic (exact) mass is 457 g/mol. The molecule has 2 heterocycles. The van der Waals surface area contributed by atoms with Crippen molar-refractivity contribution < 1.29 is 9.90 Å². The van der Waals surface area contributed by atoms with Gasteiger partial charge in [-0.2, -0.15) is 0 Å². The number of hydrogen-bond acceptors (Lipinski definition) is 5. The van der Waals surface area contributed by atoms with Gasteiger partial charge in [0, 0.05) is 33.2 Å². The van der Waals surface area contributed by atoms with Crippen LogP contribution in [0.2, 0.25) is 5.02 Å². The molecule has 3 aromatic carbocycles. The molecule has 2 N–H and O–H groups in total. The van der Waals surface area contributed by atoms with E-state index in [1.54, 1.807) is 24.4 Å². The maximum Gasteiger partial charge on any atom is 0.335 e. The van der Waals surface area contributed by atoms with Gasteiger partial charge in [0.2, 0.25) is 0 Å². The maximum absolute atomic E-state index is 11.4. The summed E-state index contributed by atoms with van der Waals surface area (Å²) in [7, 11) is 0. The summed E-state index contributed by atoms with van der Waals surface area (Å²) in [6.07, 6.45) is 1.80. The molecule has 0 amide bonds. The number of rotatable bonds is 5.